The van der Waals surface area contributed by atoms with Crippen molar-refractivity contribution in [2.24, 2.45) is 10.5 Å². The minimum Gasteiger partial charge on any atom is -0.273 e. The topological polar surface area (TPSA) is 32.7 Å². The Hall–Kier alpha value is -1.64. The average Bonchev–Trinajstić information content (AvgIpc) is 2.59. The molecule has 2 aliphatic rings. The van der Waals surface area contributed by atoms with Gasteiger partial charge >= 0.3 is 0 Å². The van der Waals surface area contributed by atoms with E-state index in [0.29, 0.717) is 6.42 Å². The summed E-state index contributed by atoms with van der Waals surface area (Å²) in [5.74, 6) is 0.124. The first-order valence-corrected chi connectivity index (χ1v) is 7.15. The summed E-state index contributed by atoms with van der Waals surface area (Å²) in [6.45, 7) is 2.21. The summed E-state index contributed by atoms with van der Waals surface area (Å²) < 4.78 is 0. The Labute approximate surface area is 114 Å². The molecule has 0 bridgehead atoms. The van der Waals surface area contributed by atoms with Gasteiger partial charge in [-0.15, -0.1) is 0 Å². The maximum absolute atomic E-state index is 12.4. The van der Waals surface area contributed by atoms with E-state index in [1.807, 2.05) is 30.3 Å². The first-order valence-electron chi connectivity index (χ1n) is 7.15. The number of fused-ring (bicyclic) bond motifs is 1. The molecule has 100 valence electrons. The number of anilines is 1. The van der Waals surface area contributed by atoms with Crippen molar-refractivity contribution in [2.75, 3.05) is 5.01 Å². The summed E-state index contributed by atoms with van der Waals surface area (Å²) in [7, 11) is 0. The molecule has 1 aromatic rings. The number of rotatable bonds is 1. The van der Waals surface area contributed by atoms with Crippen LogP contribution in [-0.4, -0.2) is 11.6 Å². The summed E-state index contributed by atoms with van der Waals surface area (Å²) in [5, 5.41) is 6.29. The Bertz CT molecular complexity index is 509. The summed E-state index contributed by atoms with van der Waals surface area (Å²) in [5.41, 5.74) is 2.10. The van der Waals surface area contributed by atoms with E-state index in [0.717, 1.165) is 18.5 Å². The molecule has 1 aromatic carbocycles. The molecule has 1 saturated carbocycles. The molecule has 0 aromatic heterocycles. The number of hydrogen-bond donors (Lipinski definition) is 0. The van der Waals surface area contributed by atoms with Crippen LogP contribution < -0.4 is 5.01 Å². The minimum absolute atomic E-state index is 0.00113. The molecule has 1 atom stereocenters. The Morgan fingerprint density at radius 2 is 1.95 bits per heavy atom. The molecule has 3 heteroatoms. The average molecular weight is 256 g/mol. The highest BCUT2D eigenvalue weighted by molar-refractivity contribution is 6.04. The maximum Gasteiger partial charge on any atom is 0.248 e. The van der Waals surface area contributed by atoms with Crippen molar-refractivity contribution in [3.05, 3.63) is 30.3 Å². The molecule has 1 fully saturated rings. The molecule has 0 saturated heterocycles. The lowest BCUT2D eigenvalue weighted by atomic mass is 9.76. The van der Waals surface area contributed by atoms with Crippen molar-refractivity contribution in [3.8, 4) is 0 Å². The van der Waals surface area contributed by atoms with E-state index < -0.39 is 0 Å². The smallest absolute Gasteiger partial charge is 0.248 e. The molecular weight excluding hydrogens is 236 g/mol. The molecule has 3 nitrogen and oxygen atoms in total. The molecule has 0 radical (unpaired) electrons. The predicted molar refractivity (Wildman–Crippen MR) is 77.2 cm³/mol. The lowest BCUT2D eigenvalue weighted by Crippen LogP contribution is -2.42. The van der Waals surface area contributed by atoms with Gasteiger partial charge in [0, 0.05) is 17.5 Å². The molecule has 0 spiro atoms. The lowest BCUT2D eigenvalue weighted by Gasteiger charge is -2.36. The predicted octanol–water partition coefficient (Wildman–Crippen LogP) is 3.75. The summed E-state index contributed by atoms with van der Waals surface area (Å²) in [6, 6.07) is 9.75. The zero-order chi connectivity index (χ0) is 13.3. The molecule has 1 aliphatic heterocycles. The second-order valence-electron chi connectivity index (χ2n) is 5.89. The van der Waals surface area contributed by atoms with Gasteiger partial charge in [0.05, 0.1) is 5.69 Å². The highest BCUT2D eigenvalue weighted by Gasteiger charge is 2.40. The van der Waals surface area contributed by atoms with Gasteiger partial charge in [-0.25, -0.2) is 5.01 Å². The van der Waals surface area contributed by atoms with Crippen LogP contribution in [0.3, 0.4) is 0 Å². The van der Waals surface area contributed by atoms with Crippen LogP contribution in [0.5, 0.6) is 0 Å². The van der Waals surface area contributed by atoms with E-state index in [-0.39, 0.29) is 11.3 Å². The van der Waals surface area contributed by atoms with Gasteiger partial charge in [-0.2, -0.15) is 5.10 Å². The zero-order valence-electron chi connectivity index (χ0n) is 11.4. The van der Waals surface area contributed by atoms with Gasteiger partial charge in [0.2, 0.25) is 5.91 Å². The molecular formula is C16H20N2O. The van der Waals surface area contributed by atoms with E-state index in [1.54, 1.807) is 5.01 Å². The molecule has 0 N–H and O–H groups in total. The standard InChI is InChI=1S/C16H20N2O/c1-16-11-7-3-6-10-14(16)17-18(15(19)12-16)13-8-4-2-5-9-13/h2,4-5,8-9H,3,6-7,10-12H2,1H3. The third-order valence-electron chi connectivity index (χ3n) is 4.34. The minimum atomic E-state index is -0.00113. The SMILES string of the molecule is CC12CCCCCC1=NN(c1ccccc1)C(=O)C2. The van der Waals surface area contributed by atoms with E-state index in [9.17, 15) is 4.79 Å². The fraction of sp³-hybridized carbons (Fsp3) is 0.500. The fourth-order valence-corrected chi connectivity index (χ4v) is 3.15. The van der Waals surface area contributed by atoms with Crippen LogP contribution in [0, 0.1) is 5.41 Å². The highest BCUT2D eigenvalue weighted by Crippen LogP contribution is 2.39. The zero-order valence-corrected chi connectivity index (χ0v) is 11.4. The second-order valence-corrected chi connectivity index (χ2v) is 5.89. The van der Waals surface area contributed by atoms with Crippen LogP contribution in [0.4, 0.5) is 5.69 Å². The van der Waals surface area contributed by atoms with Gasteiger partial charge in [0.25, 0.3) is 0 Å². The molecule has 3 rings (SSSR count). The molecule has 1 aliphatic carbocycles. The van der Waals surface area contributed by atoms with Gasteiger partial charge in [-0.1, -0.05) is 38.0 Å². The van der Waals surface area contributed by atoms with Gasteiger partial charge in [0.1, 0.15) is 0 Å². The van der Waals surface area contributed by atoms with Crippen LogP contribution in [-0.2, 0) is 4.79 Å². The van der Waals surface area contributed by atoms with Crippen LogP contribution in [0.15, 0.2) is 35.4 Å². The molecule has 19 heavy (non-hydrogen) atoms. The number of carbonyl (C=O) groups excluding carboxylic acids is 1. The van der Waals surface area contributed by atoms with Crippen molar-refractivity contribution < 1.29 is 4.79 Å². The Morgan fingerprint density at radius 3 is 2.74 bits per heavy atom. The van der Waals surface area contributed by atoms with Crippen LogP contribution in [0.25, 0.3) is 0 Å². The Kier molecular flexibility index (Phi) is 3.13. The quantitative estimate of drug-likeness (QED) is 0.753. The Balaban J connectivity index is 1.98. The van der Waals surface area contributed by atoms with E-state index in [1.165, 1.54) is 25.0 Å². The van der Waals surface area contributed by atoms with Crippen molar-refractivity contribution >= 4 is 17.3 Å². The van der Waals surface area contributed by atoms with Crippen LogP contribution >= 0.6 is 0 Å². The van der Waals surface area contributed by atoms with E-state index in [2.05, 4.69) is 12.0 Å². The highest BCUT2D eigenvalue weighted by atomic mass is 16.2. The summed E-state index contributed by atoms with van der Waals surface area (Å²) in [6.07, 6.45) is 6.40. The van der Waals surface area contributed by atoms with Gasteiger partial charge in [-0.05, 0) is 31.4 Å². The number of carbonyl (C=O) groups is 1. The van der Waals surface area contributed by atoms with Crippen molar-refractivity contribution in [2.45, 2.75) is 45.4 Å². The van der Waals surface area contributed by atoms with Crippen molar-refractivity contribution in [1.82, 2.24) is 0 Å². The number of amides is 1. The third kappa shape index (κ3) is 2.29. The number of para-hydroxylation sites is 1. The normalized spacial score (nSPS) is 27.5. The molecule has 1 unspecified atom stereocenters. The van der Waals surface area contributed by atoms with E-state index in [4.69, 9.17) is 0 Å². The van der Waals surface area contributed by atoms with Crippen molar-refractivity contribution in [1.29, 1.82) is 0 Å². The van der Waals surface area contributed by atoms with Gasteiger partial charge in [0.15, 0.2) is 0 Å². The van der Waals surface area contributed by atoms with Crippen LogP contribution in [0.2, 0.25) is 0 Å². The maximum atomic E-state index is 12.4. The third-order valence-corrected chi connectivity index (χ3v) is 4.34. The molecule has 1 heterocycles. The van der Waals surface area contributed by atoms with Crippen molar-refractivity contribution in [3.63, 3.8) is 0 Å². The summed E-state index contributed by atoms with van der Waals surface area (Å²) in [4.78, 5) is 12.4. The number of nitrogens with zero attached hydrogens (tertiary/aromatic N) is 2. The largest absolute Gasteiger partial charge is 0.273 e. The lowest BCUT2D eigenvalue weighted by molar-refractivity contribution is -0.120. The number of hydrogen-bond acceptors (Lipinski definition) is 2. The Morgan fingerprint density at radius 1 is 1.16 bits per heavy atom. The first kappa shape index (κ1) is 12.4. The van der Waals surface area contributed by atoms with E-state index >= 15 is 0 Å². The number of hydrazone groups is 1. The number of benzene rings is 1. The summed E-state index contributed by atoms with van der Waals surface area (Å²) >= 11 is 0. The van der Waals surface area contributed by atoms with Gasteiger partial charge in [-0.3, -0.25) is 4.79 Å². The first-order chi connectivity index (χ1) is 9.19. The second kappa shape index (κ2) is 4.80. The van der Waals surface area contributed by atoms with Crippen LogP contribution in [0.1, 0.15) is 45.4 Å². The fourth-order valence-electron chi connectivity index (χ4n) is 3.15. The molecule has 1 amide bonds. The van der Waals surface area contributed by atoms with Gasteiger partial charge < -0.3 is 0 Å². The monoisotopic (exact) mass is 256 g/mol.